The average Bonchev–Trinajstić information content (AvgIpc) is 2.78. The predicted molar refractivity (Wildman–Crippen MR) is 69.8 cm³/mol. The van der Waals surface area contributed by atoms with Crippen molar-refractivity contribution < 1.29 is 0 Å². The zero-order valence-electron chi connectivity index (χ0n) is 11.2. The van der Waals surface area contributed by atoms with Gasteiger partial charge in [-0.1, -0.05) is 19.9 Å². The molecule has 0 atom stereocenters. The molecule has 0 saturated carbocycles. The van der Waals surface area contributed by atoms with E-state index in [2.05, 4.69) is 53.9 Å². The van der Waals surface area contributed by atoms with Gasteiger partial charge in [-0.05, 0) is 25.8 Å². The van der Waals surface area contributed by atoms with E-state index in [0.29, 0.717) is 12.0 Å². The molecule has 1 aromatic rings. The maximum atomic E-state index is 4.55. The Morgan fingerprint density at radius 2 is 2.06 bits per heavy atom. The van der Waals surface area contributed by atoms with Crippen LogP contribution in [0, 0.1) is 0 Å². The highest BCUT2D eigenvalue weighted by molar-refractivity contribution is 5.60. The van der Waals surface area contributed by atoms with Gasteiger partial charge >= 0.3 is 0 Å². The first-order chi connectivity index (χ1) is 8.08. The van der Waals surface area contributed by atoms with Gasteiger partial charge < -0.3 is 0 Å². The Balaban J connectivity index is 2.08. The van der Waals surface area contributed by atoms with Crippen molar-refractivity contribution in [3.8, 4) is 0 Å². The van der Waals surface area contributed by atoms with Gasteiger partial charge in [-0.2, -0.15) is 5.10 Å². The van der Waals surface area contributed by atoms with Gasteiger partial charge in [0.05, 0.1) is 0 Å². The van der Waals surface area contributed by atoms with Gasteiger partial charge in [-0.25, -0.2) is 4.98 Å². The fourth-order valence-electron chi connectivity index (χ4n) is 2.03. The molecule has 2 rings (SSSR count). The molecule has 4 nitrogen and oxygen atoms in total. The van der Waals surface area contributed by atoms with E-state index < -0.39 is 0 Å². The first kappa shape index (κ1) is 12.3. The molecule has 0 aliphatic carbocycles. The maximum Gasteiger partial charge on any atom is 0.176 e. The van der Waals surface area contributed by atoms with Crippen LogP contribution in [0.1, 0.15) is 51.7 Å². The number of hydrogen-bond donors (Lipinski definition) is 1. The Bertz CT molecular complexity index is 403. The second-order valence-electron chi connectivity index (χ2n) is 5.27. The highest BCUT2D eigenvalue weighted by atomic mass is 15.2. The lowest BCUT2D eigenvalue weighted by atomic mass is 10.1. The van der Waals surface area contributed by atoms with Gasteiger partial charge in [-0.15, -0.1) is 0 Å². The van der Waals surface area contributed by atoms with Crippen LogP contribution in [0.2, 0.25) is 0 Å². The molecule has 0 unspecified atom stereocenters. The van der Waals surface area contributed by atoms with Crippen molar-refractivity contribution in [3.05, 3.63) is 17.7 Å². The molecular weight excluding hydrogens is 212 g/mol. The standard InChI is InChI=1S/C13H22N4/c1-9(2)12-14-13(16-15-12)11-5-7-17(8-6-11)10(3)4/h5,9-10H,6-8H2,1-4H3,(H,14,15,16). The van der Waals surface area contributed by atoms with Crippen LogP contribution in [-0.2, 0) is 0 Å². The summed E-state index contributed by atoms with van der Waals surface area (Å²) in [4.78, 5) is 7.01. The van der Waals surface area contributed by atoms with Crippen LogP contribution in [0.5, 0.6) is 0 Å². The lowest BCUT2D eigenvalue weighted by Crippen LogP contribution is -2.34. The van der Waals surface area contributed by atoms with Crippen molar-refractivity contribution >= 4 is 5.57 Å². The summed E-state index contributed by atoms with van der Waals surface area (Å²) in [6.45, 7) is 10.8. The molecule has 0 amide bonds. The van der Waals surface area contributed by atoms with Crippen LogP contribution in [0.4, 0.5) is 0 Å². The second-order valence-corrected chi connectivity index (χ2v) is 5.27. The highest BCUT2D eigenvalue weighted by Gasteiger charge is 2.18. The third-order valence-corrected chi connectivity index (χ3v) is 3.31. The Morgan fingerprint density at radius 3 is 2.53 bits per heavy atom. The first-order valence-corrected chi connectivity index (χ1v) is 6.43. The largest absolute Gasteiger partial charge is 0.297 e. The highest BCUT2D eigenvalue weighted by Crippen LogP contribution is 2.21. The molecule has 0 fully saturated rings. The monoisotopic (exact) mass is 234 g/mol. The van der Waals surface area contributed by atoms with E-state index >= 15 is 0 Å². The summed E-state index contributed by atoms with van der Waals surface area (Å²) in [6.07, 6.45) is 3.31. The average molecular weight is 234 g/mol. The molecule has 1 N–H and O–H groups in total. The Labute approximate surface area is 103 Å². The zero-order valence-corrected chi connectivity index (χ0v) is 11.2. The molecule has 0 spiro atoms. The van der Waals surface area contributed by atoms with E-state index in [9.17, 15) is 0 Å². The predicted octanol–water partition coefficient (Wildman–Crippen LogP) is 2.43. The number of rotatable bonds is 3. The van der Waals surface area contributed by atoms with Gasteiger partial charge in [-0.3, -0.25) is 10.00 Å². The second kappa shape index (κ2) is 5.00. The third kappa shape index (κ3) is 2.75. The normalized spacial score (nSPS) is 17.9. The van der Waals surface area contributed by atoms with Gasteiger partial charge in [0.25, 0.3) is 0 Å². The van der Waals surface area contributed by atoms with Crippen LogP contribution in [-0.4, -0.2) is 39.2 Å². The SMILES string of the molecule is CC(C)c1nc(C2=CCN(C(C)C)CC2)n[nH]1. The van der Waals surface area contributed by atoms with Crippen molar-refractivity contribution in [2.24, 2.45) is 0 Å². The topological polar surface area (TPSA) is 44.8 Å². The van der Waals surface area contributed by atoms with E-state index in [0.717, 1.165) is 31.2 Å². The smallest absolute Gasteiger partial charge is 0.176 e. The lowest BCUT2D eigenvalue weighted by Gasteiger charge is -2.28. The minimum atomic E-state index is 0.410. The van der Waals surface area contributed by atoms with E-state index in [-0.39, 0.29) is 0 Å². The summed E-state index contributed by atoms with van der Waals surface area (Å²) in [5.74, 6) is 2.27. The number of hydrogen-bond acceptors (Lipinski definition) is 3. The number of aromatic amines is 1. The number of nitrogens with zero attached hydrogens (tertiary/aromatic N) is 3. The summed E-state index contributed by atoms with van der Waals surface area (Å²) < 4.78 is 0. The van der Waals surface area contributed by atoms with Crippen LogP contribution >= 0.6 is 0 Å². The van der Waals surface area contributed by atoms with Crippen LogP contribution in [0.15, 0.2) is 6.08 Å². The fraction of sp³-hybridized carbons (Fsp3) is 0.692. The molecule has 0 radical (unpaired) electrons. The first-order valence-electron chi connectivity index (χ1n) is 6.43. The molecule has 4 heteroatoms. The molecule has 0 aromatic carbocycles. The molecule has 1 aromatic heterocycles. The number of aromatic nitrogens is 3. The van der Waals surface area contributed by atoms with Gasteiger partial charge in [0, 0.05) is 25.0 Å². The zero-order chi connectivity index (χ0) is 12.4. The molecule has 94 valence electrons. The molecule has 1 aliphatic heterocycles. The Morgan fingerprint density at radius 1 is 1.29 bits per heavy atom. The van der Waals surface area contributed by atoms with Gasteiger partial charge in [0.15, 0.2) is 5.82 Å². The van der Waals surface area contributed by atoms with Crippen LogP contribution < -0.4 is 0 Å². The quantitative estimate of drug-likeness (QED) is 0.873. The van der Waals surface area contributed by atoms with Gasteiger partial charge in [0.1, 0.15) is 5.82 Å². The summed E-state index contributed by atoms with van der Waals surface area (Å²) >= 11 is 0. The third-order valence-electron chi connectivity index (χ3n) is 3.31. The van der Waals surface area contributed by atoms with Crippen molar-refractivity contribution in [2.45, 2.75) is 46.1 Å². The fourth-order valence-corrected chi connectivity index (χ4v) is 2.03. The van der Waals surface area contributed by atoms with Crippen molar-refractivity contribution in [2.75, 3.05) is 13.1 Å². The number of nitrogens with one attached hydrogen (secondary N) is 1. The minimum Gasteiger partial charge on any atom is -0.297 e. The van der Waals surface area contributed by atoms with Gasteiger partial charge in [0.2, 0.25) is 0 Å². The number of H-pyrrole nitrogens is 1. The van der Waals surface area contributed by atoms with Crippen LogP contribution in [0.3, 0.4) is 0 Å². The molecule has 1 aliphatic rings. The summed E-state index contributed by atoms with van der Waals surface area (Å²) in [6, 6.07) is 0.617. The van der Waals surface area contributed by atoms with Crippen LogP contribution in [0.25, 0.3) is 5.57 Å². The Hall–Kier alpha value is -1.16. The van der Waals surface area contributed by atoms with E-state index in [1.807, 2.05) is 0 Å². The molecule has 2 heterocycles. The minimum absolute atomic E-state index is 0.410. The molecule has 17 heavy (non-hydrogen) atoms. The molecule has 0 bridgehead atoms. The summed E-state index contributed by atoms with van der Waals surface area (Å²) in [5, 5.41) is 7.33. The Kier molecular flexibility index (Phi) is 3.62. The maximum absolute atomic E-state index is 4.55. The lowest BCUT2D eigenvalue weighted by molar-refractivity contribution is 0.245. The molecular formula is C13H22N4. The van der Waals surface area contributed by atoms with E-state index in [4.69, 9.17) is 0 Å². The van der Waals surface area contributed by atoms with E-state index in [1.165, 1.54) is 5.57 Å². The molecule has 0 saturated heterocycles. The van der Waals surface area contributed by atoms with Crippen molar-refractivity contribution in [1.29, 1.82) is 0 Å². The summed E-state index contributed by atoms with van der Waals surface area (Å²) in [5.41, 5.74) is 1.28. The van der Waals surface area contributed by atoms with E-state index in [1.54, 1.807) is 0 Å². The van der Waals surface area contributed by atoms with Crippen molar-refractivity contribution in [1.82, 2.24) is 20.1 Å². The van der Waals surface area contributed by atoms with Crippen molar-refractivity contribution in [3.63, 3.8) is 0 Å². The summed E-state index contributed by atoms with van der Waals surface area (Å²) in [7, 11) is 0.